The molecule has 5 heteroatoms. The lowest BCUT2D eigenvalue weighted by Crippen LogP contribution is -2.37. The summed E-state index contributed by atoms with van der Waals surface area (Å²) in [5.41, 5.74) is 2.65. The highest BCUT2D eigenvalue weighted by atomic mass is 16.3. The zero-order chi connectivity index (χ0) is 17.1. The van der Waals surface area contributed by atoms with Crippen molar-refractivity contribution in [2.24, 2.45) is 5.92 Å². The fraction of sp³-hybridized carbons (Fsp3) is 0.667. The van der Waals surface area contributed by atoms with Crippen LogP contribution in [0.1, 0.15) is 64.7 Å². The third kappa shape index (κ3) is 4.09. The molecule has 1 aliphatic carbocycles. The van der Waals surface area contributed by atoms with Crippen LogP contribution < -0.4 is 0 Å². The first-order valence-corrected chi connectivity index (χ1v) is 8.41. The summed E-state index contributed by atoms with van der Waals surface area (Å²) in [6.45, 7) is 6.18. The molecule has 2 unspecified atom stereocenters. The Kier molecular flexibility index (Phi) is 5.76. The van der Waals surface area contributed by atoms with Crippen LogP contribution in [0.5, 0.6) is 0 Å². The summed E-state index contributed by atoms with van der Waals surface area (Å²) in [5.74, 6) is 0.223. The summed E-state index contributed by atoms with van der Waals surface area (Å²) < 4.78 is 0. The number of carbonyl (C=O) groups is 2. The van der Waals surface area contributed by atoms with Crippen LogP contribution in [-0.2, 0) is 0 Å². The summed E-state index contributed by atoms with van der Waals surface area (Å²) in [4.78, 5) is 29.3. The molecule has 5 nitrogen and oxygen atoms in total. The van der Waals surface area contributed by atoms with Gasteiger partial charge in [0.25, 0.3) is 0 Å². The molecule has 23 heavy (non-hydrogen) atoms. The Morgan fingerprint density at radius 2 is 1.91 bits per heavy atom. The number of nitrogens with zero attached hydrogens (tertiary/aromatic N) is 1. The van der Waals surface area contributed by atoms with E-state index in [-0.39, 0.29) is 23.6 Å². The molecule has 1 fully saturated rings. The third-order valence-corrected chi connectivity index (χ3v) is 4.90. The molecule has 2 N–H and O–H groups in total. The second-order valence-electron chi connectivity index (χ2n) is 6.91. The van der Waals surface area contributed by atoms with Crippen molar-refractivity contribution in [1.82, 2.24) is 9.88 Å². The lowest BCUT2D eigenvalue weighted by molar-refractivity contribution is 0.0501. The number of hydrogen-bond acceptors (Lipinski definition) is 4. The predicted octanol–water partition coefficient (Wildman–Crippen LogP) is 2.50. The Balaban J connectivity index is 2.01. The molecular weight excluding hydrogens is 292 g/mol. The van der Waals surface area contributed by atoms with Crippen molar-refractivity contribution in [2.75, 3.05) is 20.1 Å². The Bertz CT molecular complexity index is 591. The molecule has 0 aliphatic heterocycles. The van der Waals surface area contributed by atoms with E-state index < -0.39 is 0 Å². The molecule has 2 atom stereocenters. The number of ketones is 2. The van der Waals surface area contributed by atoms with Crippen LogP contribution in [0.4, 0.5) is 0 Å². The van der Waals surface area contributed by atoms with Crippen LogP contribution >= 0.6 is 0 Å². The van der Waals surface area contributed by atoms with Gasteiger partial charge in [-0.15, -0.1) is 0 Å². The van der Waals surface area contributed by atoms with Crippen molar-refractivity contribution in [2.45, 2.75) is 52.6 Å². The number of aliphatic hydroxyl groups excluding tert-OH is 1. The second kappa shape index (κ2) is 7.41. The SMILES string of the molecule is CC(=O)c1c(C)[nH]c(C(=O)CN(C)CC2CCCCC2O)c1C. The van der Waals surface area contributed by atoms with E-state index in [1.807, 2.05) is 25.8 Å². The zero-order valence-electron chi connectivity index (χ0n) is 14.6. The molecule has 0 aromatic carbocycles. The number of aliphatic hydroxyl groups is 1. The minimum Gasteiger partial charge on any atom is -0.393 e. The lowest BCUT2D eigenvalue weighted by Gasteiger charge is -2.30. The number of likely N-dealkylation sites (N-methyl/N-ethyl adjacent to an activating group) is 1. The highest BCUT2D eigenvalue weighted by Crippen LogP contribution is 2.25. The Morgan fingerprint density at radius 1 is 1.26 bits per heavy atom. The number of Topliss-reactive ketones (excluding diaryl/α,β-unsaturated/α-hetero) is 2. The summed E-state index contributed by atoms with van der Waals surface area (Å²) in [6, 6.07) is 0. The van der Waals surface area contributed by atoms with E-state index in [0.717, 1.165) is 43.5 Å². The van der Waals surface area contributed by atoms with Crippen LogP contribution in [0, 0.1) is 19.8 Å². The first-order chi connectivity index (χ1) is 10.8. The average molecular weight is 320 g/mol. The highest BCUT2D eigenvalue weighted by molar-refractivity contribution is 6.03. The van der Waals surface area contributed by atoms with Crippen LogP contribution in [0.2, 0.25) is 0 Å². The normalized spacial score (nSPS) is 21.7. The van der Waals surface area contributed by atoms with Gasteiger partial charge in [0.15, 0.2) is 11.6 Å². The van der Waals surface area contributed by atoms with E-state index >= 15 is 0 Å². The summed E-state index contributed by atoms with van der Waals surface area (Å²) in [5, 5.41) is 10.1. The van der Waals surface area contributed by atoms with Crippen LogP contribution in [0.15, 0.2) is 0 Å². The maximum atomic E-state index is 12.5. The van der Waals surface area contributed by atoms with Crippen LogP contribution in [0.25, 0.3) is 0 Å². The van der Waals surface area contributed by atoms with E-state index in [1.165, 1.54) is 6.92 Å². The van der Waals surface area contributed by atoms with Crippen molar-refractivity contribution in [3.8, 4) is 0 Å². The van der Waals surface area contributed by atoms with E-state index in [2.05, 4.69) is 4.98 Å². The van der Waals surface area contributed by atoms with Crippen molar-refractivity contribution in [1.29, 1.82) is 0 Å². The average Bonchev–Trinajstić information content (AvgIpc) is 2.76. The number of rotatable bonds is 6. The first kappa shape index (κ1) is 17.9. The largest absolute Gasteiger partial charge is 0.393 e. The van der Waals surface area contributed by atoms with Crippen LogP contribution in [-0.4, -0.2) is 52.8 Å². The number of carbonyl (C=O) groups excluding carboxylic acids is 2. The molecule has 128 valence electrons. The summed E-state index contributed by atoms with van der Waals surface area (Å²) in [7, 11) is 1.91. The number of aryl methyl sites for hydroxylation is 1. The molecule has 1 aromatic heterocycles. The van der Waals surface area contributed by atoms with Gasteiger partial charge in [0.2, 0.25) is 0 Å². The van der Waals surface area contributed by atoms with Gasteiger partial charge >= 0.3 is 0 Å². The van der Waals surface area contributed by atoms with Crippen LogP contribution in [0.3, 0.4) is 0 Å². The summed E-state index contributed by atoms with van der Waals surface area (Å²) >= 11 is 0. The van der Waals surface area contributed by atoms with Crippen molar-refractivity contribution in [3.63, 3.8) is 0 Å². The monoisotopic (exact) mass is 320 g/mol. The van der Waals surface area contributed by atoms with Crippen molar-refractivity contribution < 1.29 is 14.7 Å². The molecule has 0 amide bonds. The molecule has 2 rings (SSSR count). The molecule has 0 spiro atoms. The topological polar surface area (TPSA) is 73.4 Å². The standard InChI is InChI=1S/C18H28N2O3/c1-11-17(13(3)21)12(2)19-18(11)16(23)10-20(4)9-14-7-5-6-8-15(14)22/h14-15,19,22H,5-10H2,1-4H3. The maximum Gasteiger partial charge on any atom is 0.193 e. The van der Waals surface area contributed by atoms with Crippen molar-refractivity contribution >= 4 is 11.6 Å². The molecule has 1 heterocycles. The second-order valence-corrected chi connectivity index (χ2v) is 6.91. The van der Waals surface area contributed by atoms with Gasteiger partial charge < -0.3 is 10.1 Å². The molecule has 1 saturated carbocycles. The smallest absolute Gasteiger partial charge is 0.193 e. The fourth-order valence-corrected chi connectivity index (χ4v) is 3.75. The molecule has 0 radical (unpaired) electrons. The number of hydrogen-bond donors (Lipinski definition) is 2. The number of H-pyrrole nitrogens is 1. The Labute approximate surface area is 138 Å². The molecule has 0 saturated heterocycles. The quantitative estimate of drug-likeness (QED) is 0.790. The number of aromatic amines is 1. The summed E-state index contributed by atoms with van der Waals surface area (Å²) in [6.07, 6.45) is 3.88. The lowest BCUT2D eigenvalue weighted by atomic mass is 9.86. The molecule has 1 aromatic rings. The number of aromatic nitrogens is 1. The Morgan fingerprint density at radius 3 is 2.48 bits per heavy atom. The fourth-order valence-electron chi connectivity index (χ4n) is 3.75. The van der Waals surface area contributed by atoms with E-state index in [9.17, 15) is 14.7 Å². The predicted molar refractivity (Wildman–Crippen MR) is 90.1 cm³/mol. The van der Waals surface area contributed by atoms with E-state index in [1.54, 1.807) is 0 Å². The van der Waals surface area contributed by atoms with Gasteiger partial charge in [-0.05, 0) is 52.1 Å². The van der Waals surface area contributed by atoms with E-state index in [4.69, 9.17) is 0 Å². The van der Waals surface area contributed by atoms with Gasteiger partial charge in [-0.1, -0.05) is 12.8 Å². The van der Waals surface area contributed by atoms with Gasteiger partial charge in [-0.25, -0.2) is 0 Å². The van der Waals surface area contributed by atoms with Crippen molar-refractivity contribution in [3.05, 3.63) is 22.5 Å². The molecule has 0 bridgehead atoms. The zero-order valence-corrected chi connectivity index (χ0v) is 14.6. The maximum absolute atomic E-state index is 12.5. The minimum absolute atomic E-state index is 0.00843. The van der Waals surface area contributed by atoms with E-state index in [0.29, 0.717) is 17.8 Å². The van der Waals surface area contributed by atoms with Gasteiger partial charge in [-0.2, -0.15) is 0 Å². The van der Waals surface area contributed by atoms with Gasteiger partial charge in [0, 0.05) is 17.8 Å². The van der Waals surface area contributed by atoms with Gasteiger partial charge in [-0.3, -0.25) is 14.5 Å². The molecular formula is C18H28N2O3. The first-order valence-electron chi connectivity index (χ1n) is 8.41. The third-order valence-electron chi connectivity index (χ3n) is 4.90. The Hall–Kier alpha value is -1.46. The van der Waals surface area contributed by atoms with Gasteiger partial charge in [0.1, 0.15) is 0 Å². The van der Waals surface area contributed by atoms with Gasteiger partial charge in [0.05, 0.1) is 18.3 Å². The molecule has 1 aliphatic rings. The number of nitrogens with one attached hydrogen (secondary N) is 1. The minimum atomic E-state index is -0.250. The highest BCUT2D eigenvalue weighted by Gasteiger charge is 2.26.